The smallest absolute Gasteiger partial charge is 0.378 e. The molecule has 0 spiro atoms. The SMILES string of the molecule is CCNC(=NCc1ccc(F)cc1C(F)(F)F)NCCC1CCCO1.I. The normalized spacial score (nSPS) is 17.7. The molecule has 1 aromatic rings. The molecule has 148 valence electrons. The molecule has 1 saturated heterocycles. The third-order valence-corrected chi connectivity index (χ3v) is 3.91. The lowest BCUT2D eigenvalue weighted by molar-refractivity contribution is -0.138. The second kappa shape index (κ2) is 10.9. The Balaban J connectivity index is 0.00000338. The lowest BCUT2D eigenvalue weighted by Crippen LogP contribution is -2.38. The second-order valence-electron chi connectivity index (χ2n) is 5.84. The highest BCUT2D eigenvalue weighted by Gasteiger charge is 2.33. The van der Waals surface area contributed by atoms with E-state index in [0.717, 1.165) is 38.0 Å². The van der Waals surface area contributed by atoms with Gasteiger partial charge in [-0.15, -0.1) is 24.0 Å². The van der Waals surface area contributed by atoms with Crippen molar-refractivity contribution in [3.63, 3.8) is 0 Å². The van der Waals surface area contributed by atoms with E-state index in [1.165, 1.54) is 0 Å². The molecule has 1 aliphatic rings. The molecule has 26 heavy (non-hydrogen) atoms. The molecule has 0 bridgehead atoms. The Morgan fingerprint density at radius 2 is 2.08 bits per heavy atom. The zero-order valence-corrected chi connectivity index (χ0v) is 16.9. The largest absolute Gasteiger partial charge is 0.416 e. The van der Waals surface area contributed by atoms with Crippen LogP contribution in [0.2, 0.25) is 0 Å². The molecule has 2 N–H and O–H groups in total. The van der Waals surface area contributed by atoms with Gasteiger partial charge in [0.15, 0.2) is 5.96 Å². The molecule has 9 heteroatoms. The summed E-state index contributed by atoms with van der Waals surface area (Å²) in [4.78, 5) is 4.18. The summed E-state index contributed by atoms with van der Waals surface area (Å²) in [5.41, 5.74) is -1.06. The topological polar surface area (TPSA) is 45.7 Å². The summed E-state index contributed by atoms with van der Waals surface area (Å²) in [6, 6.07) is 2.64. The predicted molar refractivity (Wildman–Crippen MR) is 103 cm³/mol. The Hall–Kier alpha value is -1.10. The first-order chi connectivity index (χ1) is 11.9. The number of hydrogen-bond acceptors (Lipinski definition) is 2. The summed E-state index contributed by atoms with van der Waals surface area (Å²) in [5, 5.41) is 6.08. The van der Waals surface area contributed by atoms with E-state index in [9.17, 15) is 17.6 Å². The summed E-state index contributed by atoms with van der Waals surface area (Å²) >= 11 is 0. The van der Waals surface area contributed by atoms with E-state index in [2.05, 4.69) is 15.6 Å². The Morgan fingerprint density at radius 1 is 1.31 bits per heavy atom. The van der Waals surface area contributed by atoms with E-state index < -0.39 is 17.6 Å². The third-order valence-electron chi connectivity index (χ3n) is 3.91. The maximum atomic E-state index is 13.1. The summed E-state index contributed by atoms with van der Waals surface area (Å²) in [5.74, 6) is -0.486. The Bertz CT molecular complexity index is 590. The van der Waals surface area contributed by atoms with Gasteiger partial charge in [-0.25, -0.2) is 9.38 Å². The van der Waals surface area contributed by atoms with Crippen molar-refractivity contribution in [2.45, 2.75) is 45.0 Å². The van der Waals surface area contributed by atoms with E-state index in [-0.39, 0.29) is 42.2 Å². The summed E-state index contributed by atoms with van der Waals surface area (Å²) in [7, 11) is 0. The van der Waals surface area contributed by atoms with Gasteiger partial charge in [0.1, 0.15) is 5.82 Å². The highest BCUT2D eigenvalue weighted by atomic mass is 127. The van der Waals surface area contributed by atoms with Gasteiger partial charge in [0.2, 0.25) is 0 Å². The lowest BCUT2D eigenvalue weighted by atomic mass is 10.1. The fourth-order valence-corrected chi connectivity index (χ4v) is 2.68. The number of halogens is 5. The lowest BCUT2D eigenvalue weighted by Gasteiger charge is -2.15. The molecule has 1 unspecified atom stereocenters. The van der Waals surface area contributed by atoms with Crippen molar-refractivity contribution in [1.82, 2.24) is 10.6 Å². The van der Waals surface area contributed by atoms with Gasteiger partial charge in [-0.2, -0.15) is 13.2 Å². The van der Waals surface area contributed by atoms with Crippen LogP contribution in [0.1, 0.15) is 37.3 Å². The van der Waals surface area contributed by atoms with Gasteiger partial charge in [0.05, 0.1) is 18.2 Å². The number of benzene rings is 1. The maximum Gasteiger partial charge on any atom is 0.416 e. The second-order valence-corrected chi connectivity index (χ2v) is 5.84. The van der Waals surface area contributed by atoms with Crippen molar-refractivity contribution in [2.75, 3.05) is 19.7 Å². The Labute approximate surface area is 167 Å². The molecule has 1 aromatic carbocycles. The fourth-order valence-electron chi connectivity index (χ4n) is 2.68. The molecule has 0 aromatic heterocycles. The van der Waals surface area contributed by atoms with E-state index in [1.54, 1.807) is 0 Å². The number of ether oxygens (including phenoxy) is 1. The molecule has 0 amide bonds. The van der Waals surface area contributed by atoms with Crippen molar-refractivity contribution < 1.29 is 22.3 Å². The monoisotopic (exact) mass is 489 g/mol. The minimum atomic E-state index is -4.61. The fraction of sp³-hybridized carbons (Fsp3) is 0.588. The zero-order chi connectivity index (χ0) is 18.3. The molecular formula is C17H24F4IN3O. The van der Waals surface area contributed by atoms with Crippen LogP contribution in [0.4, 0.5) is 17.6 Å². The molecule has 0 aliphatic carbocycles. The van der Waals surface area contributed by atoms with Crippen LogP contribution in [0.5, 0.6) is 0 Å². The molecule has 1 heterocycles. The van der Waals surface area contributed by atoms with Gasteiger partial charge in [-0.05, 0) is 43.9 Å². The first kappa shape index (κ1) is 22.9. The minimum Gasteiger partial charge on any atom is -0.378 e. The van der Waals surface area contributed by atoms with Gasteiger partial charge in [-0.1, -0.05) is 6.07 Å². The van der Waals surface area contributed by atoms with Crippen LogP contribution in [-0.2, 0) is 17.5 Å². The third kappa shape index (κ3) is 7.26. The number of alkyl halides is 3. The van der Waals surface area contributed by atoms with Crippen molar-refractivity contribution in [3.8, 4) is 0 Å². The van der Waals surface area contributed by atoms with Crippen LogP contribution >= 0.6 is 24.0 Å². The van der Waals surface area contributed by atoms with E-state index in [0.29, 0.717) is 25.1 Å². The highest BCUT2D eigenvalue weighted by Crippen LogP contribution is 2.32. The van der Waals surface area contributed by atoms with Gasteiger partial charge < -0.3 is 15.4 Å². The zero-order valence-electron chi connectivity index (χ0n) is 14.5. The van der Waals surface area contributed by atoms with Gasteiger partial charge in [0, 0.05) is 19.7 Å². The average Bonchev–Trinajstić information content (AvgIpc) is 3.06. The van der Waals surface area contributed by atoms with E-state index in [1.807, 2.05) is 6.92 Å². The Morgan fingerprint density at radius 3 is 2.69 bits per heavy atom. The van der Waals surface area contributed by atoms with E-state index >= 15 is 0 Å². The summed E-state index contributed by atoms with van der Waals surface area (Å²) in [6.45, 7) is 3.66. The van der Waals surface area contributed by atoms with Crippen molar-refractivity contribution in [2.24, 2.45) is 4.99 Å². The minimum absolute atomic E-state index is 0. The van der Waals surface area contributed by atoms with Crippen LogP contribution in [0, 0.1) is 5.82 Å². The summed E-state index contributed by atoms with van der Waals surface area (Å²) in [6.07, 6.45) is -1.49. The molecule has 1 aliphatic heterocycles. The van der Waals surface area contributed by atoms with Gasteiger partial charge in [0.25, 0.3) is 0 Å². The molecule has 0 saturated carbocycles. The van der Waals surface area contributed by atoms with Gasteiger partial charge in [-0.3, -0.25) is 0 Å². The number of guanidine groups is 1. The predicted octanol–water partition coefficient (Wildman–Crippen LogP) is 4.09. The van der Waals surface area contributed by atoms with E-state index in [4.69, 9.17) is 4.74 Å². The first-order valence-electron chi connectivity index (χ1n) is 8.39. The molecule has 0 radical (unpaired) electrons. The number of hydrogen-bond donors (Lipinski definition) is 2. The van der Waals surface area contributed by atoms with Crippen LogP contribution in [-0.4, -0.2) is 31.8 Å². The molecule has 2 rings (SSSR count). The van der Waals surface area contributed by atoms with Gasteiger partial charge >= 0.3 is 6.18 Å². The average molecular weight is 489 g/mol. The van der Waals surface area contributed by atoms with Crippen LogP contribution in [0.25, 0.3) is 0 Å². The maximum absolute atomic E-state index is 13.1. The number of nitrogens with one attached hydrogen (secondary N) is 2. The highest BCUT2D eigenvalue weighted by molar-refractivity contribution is 14.0. The molecular weight excluding hydrogens is 465 g/mol. The Kier molecular flexibility index (Phi) is 9.62. The van der Waals surface area contributed by atoms with Crippen molar-refractivity contribution in [1.29, 1.82) is 0 Å². The quantitative estimate of drug-likeness (QED) is 0.274. The van der Waals surface area contributed by atoms with Crippen LogP contribution < -0.4 is 10.6 Å². The van der Waals surface area contributed by atoms with Crippen molar-refractivity contribution >= 4 is 29.9 Å². The number of rotatable bonds is 6. The first-order valence-corrected chi connectivity index (χ1v) is 8.39. The standard InChI is InChI=1S/C17H23F4N3O.HI/c1-2-22-16(23-8-7-14-4-3-9-25-14)24-11-12-5-6-13(18)10-15(12)17(19,20)21;/h5-6,10,14H,2-4,7-9,11H2,1H3,(H2,22,23,24);1H. The number of aliphatic imine (C=N–C) groups is 1. The van der Waals surface area contributed by atoms with Crippen LogP contribution in [0.15, 0.2) is 23.2 Å². The number of nitrogens with zero attached hydrogens (tertiary/aromatic N) is 1. The van der Waals surface area contributed by atoms with Crippen molar-refractivity contribution in [3.05, 3.63) is 35.1 Å². The molecule has 4 nitrogen and oxygen atoms in total. The summed E-state index contributed by atoms with van der Waals surface area (Å²) < 4.78 is 57.7. The molecule has 1 atom stereocenters. The molecule has 1 fully saturated rings. The van der Waals surface area contributed by atoms with Crippen LogP contribution in [0.3, 0.4) is 0 Å².